The maximum absolute atomic E-state index is 12.4. The van der Waals surface area contributed by atoms with Crippen molar-refractivity contribution in [2.75, 3.05) is 44.7 Å². The van der Waals surface area contributed by atoms with E-state index in [0.29, 0.717) is 54.6 Å². The van der Waals surface area contributed by atoms with Gasteiger partial charge in [0.1, 0.15) is 36.6 Å². The highest BCUT2D eigenvalue weighted by Gasteiger charge is 2.27. The van der Waals surface area contributed by atoms with Crippen LogP contribution in [0.5, 0.6) is 17.2 Å². The van der Waals surface area contributed by atoms with Crippen molar-refractivity contribution in [2.24, 2.45) is 4.99 Å². The van der Waals surface area contributed by atoms with E-state index in [2.05, 4.69) is 20.5 Å². The van der Waals surface area contributed by atoms with E-state index in [1.54, 1.807) is 6.07 Å². The SMILES string of the molecule is O=C1CCc2c(OC[C@@H](O)CNCCOc3ccc(C=C4SC(N5CCCCC5)=NC4=O)cc3)ccc(O)c2N1. The first kappa shape index (κ1) is 28.0. The van der Waals surface area contributed by atoms with Crippen LogP contribution in [-0.2, 0) is 16.0 Å². The van der Waals surface area contributed by atoms with Crippen molar-refractivity contribution in [1.29, 1.82) is 0 Å². The van der Waals surface area contributed by atoms with Crippen LogP contribution in [0.15, 0.2) is 46.3 Å². The molecule has 0 saturated carbocycles. The molecule has 0 aromatic heterocycles. The van der Waals surface area contributed by atoms with Gasteiger partial charge in [-0.1, -0.05) is 12.1 Å². The van der Waals surface area contributed by atoms with E-state index in [4.69, 9.17) is 9.47 Å². The van der Waals surface area contributed by atoms with Crippen molar-refractivity contribution in [3.63, 3.8) is 0 Å². The molecular weight excluding hydrogens is 532 g/mol. The summed E-state index contributed by atoms with van der Waals surface area (Å²) < 4.78 is 11.6. The molecular formula is C29H34N4O6S. The number of ether oxygens (including phenoxy) is 2. The fourth-order valence-electron chi connectivity index (χ4n) is 4.76. The first-order chi connectivity index (χ1) is 19.5. The number of likely N-dealkylation sites (tertiary alicyclic amines) is 1. The first-order valence-electron chi connectivity index (χ1n) is 13.6. The zero-order valence-corrected chi connectivity index (χ0v) is 23.0. The van der Waals surface area contributed by atoms with Crippen LogP contribution in [0.3, 0.4) is 0 Å². The summed E-state index contributed by atoms with van der Waals surface area (Å²) in [6.07, 6.45) is 5.44. The number of fused-ring (bicyclic) bond motifs is 1. The van der Waals surface area contributed by atoms with Gasteiger partial charge in [-0.05, 0) is 73.4 Å². The Morgan fingerprint density at radius 2 is 1.88 bits per heavy atom. The number of benzene rings is 2. The van der Waals surface area contributed by atoms with E-state index < -0.39 is 6.10 Å². The van der Waals surface area contributed by atoms with Crippen molar-refractivity contribution < 1.29 is 29.3 Å². The number of aliphatic hydroxyl groups excluding tert-OH is 1. The second-order valence-electron chi connectivity index (χ2n) is 9.93. The zero-order chi connectivity index (χ0) is 27.9. The number of carbonyl (C=O) groups is 2. The first-order valence-corrected chi connectivity index (χ1v) is 14.4. The van der Waals surface area contributed by atoms with Gasteiger partial charge in [-0.25, -0.2) is 0 Å². The van der Waals surface area contributed by atoms with Crippen LogP contribution >= 0.6 is 11.8 Å². The lowest BCUT2D eigenvalue weighted by Gasteiger charge is -2.27. The minimum absolute atomic E-state index is 0.00335. The summed E-state index contributed by atoms with van der Waals surface area (Å²) in [5, 5.41) is 26.9. The zero-order valence-electron chi connectivity index (χ0n) is 22.2. The van der Waals surface area contributed by atoms with Crippen molar-refractivity contribution in [3.05, 3.63) is 52.4 Å². The third-order valence-electron chi connectivity index (χ3n) is 6.89. The Bertz CT molecular complexity index is 1290. The third kappa shape index (κ3) is 7.15. The second kappa shape index (κ2) is 13.2. The van der Waals surface area contributed by atoms with Gasteiger partial charge in [0, 0.05) is 38.2 Å². The Morgan fingerprint density at radius 3 is 2.67 bits per heavy atom. The summed E-state index contributed by atoms with van der Waals surface area (Å²) in [6.45, 7) is 3.26. The van der Waals surface area contributed by atoms with Crippen LogP contribution in [-0.4, -0.2) is 77.6 Å². The molecule has 2 amide bonds. The lowest BCUT2D eigenvalue weighted by atomic mass is 10.0. The predicted octanol–water partition coefficient (Wildman–Crippen LogP) is 3.14. The lowest BCUT2D eigenvalue weighted by Crippen LogP contribution is -2.33. The van der Waals surface area contributed by atoms with Crippen LogP contribution < -0.4 is 20.1 Å². The molecule has 0 bridgehead atoms. The number of anilines is 1. The van der Waals surface area contributed by atoms with E-state index in [0.717, 1.165) is 42.2 Å². The second-order valence-corrected chi connectivity index (χ2v) is 10.9. The Labute approximate surface area is 237 Å². The summed E-state index contributed by atoms with van der Waals surface area (Å²) >= 11 is 1.45. The van der Waals surface area contributed by atoms with E-state index in [1.807, 2.05) is 30.3 Å². The summed E-state index contributed by atoms with van der Waals surface area (Å²) in [7, 11) is 0. The van der Waals surface area contributed by atoms with Crippen molar-refractivity contribution in [2.45, 2.75) is 38.2 Å². The van der Waals surface area contributed by atoms with E-state index in [1.165, 1.54) is 24.2 Å². The smallest absolute Gasteiger partial charge is 0.286 e. The van der Waals surface area contributed by atoms with Gasteiger partial charge in [-0.2, -0.15) is 4.99 Å². The van der Waals surface area contributed by atoms with Gasteiger partial charge in [-0.3, -0.25) is 9.59 Å². The molecule has 10 nitrogen and oxygen atoms in total. The maximum atomic E-state index is 12.4. The average molecular weight is 567 g/mol. The quantitative estimate of drug-likeness (QED) is 0.195. The molecule has 212 valence electrons. The topological polar surface area (TPSA) is 133 Å². The number of hydrogen-bond donors (Lipinski definition) is 4. The highest BCUT2D eigenvalue weighted by Crippen LogP contribution is 2.38. The minimum atomic E-state index is -0.745. The largest absolute Gasteiger partial charge is 0.506 e. The molecule has 2 aromatic carbocycles. The fraction of sp³-hybridized carbons (Fsp3) is 0.414. The molecule has 0 radical (unpaired) electrons. The summed E-state index contributed by atoms with van der Waals surface area (Å²) in [5.41, 5.74) is 2.03. The number of thioether (sulfide) groups is 1. The van der Waals surface area contributed by atoms with Crippen LogP contribution in [0.4, 0.5) is 5.69 Å². The molecule has 2 aromatic rings. The molecule has 5 rings (SSSR count). The summed E-state index contributed by atoms with van der Waals surface area (Å²) in [6, 6.07) is 10.7. The van der Waals surface area contributed by atoms with Gasteiger partial charge in [0.2, 0.25) is 5.91 Å². The number of rotatable bonds is 10. The van der Waals surface area contributed by atoms with E-state index in [9.17, 15) is 19.8 Å². The number of phenols is 1. The highest BCUT2D eigenvalue weighted by molar-refractivity contribution is 8.18. The lowest BCUT2D eigenvalue weighted by molar-refractivity contribution is -0.116. The molecule has 3 heterocycles. The Balaban J connectivity index is 1.00. The molecule has 4 N–H and O–H groups in total. The molecule has 11 heteroatoms. The monoisotopic (exact) mass is 566 g/mol. The molecule has 0 aliphatic carbocycles. The number of phenolic OH excluding ortho intramolecular Hbond substituents is 1. The fourth-order valence-corrected chi connectivity index (χ4v) is 5.73. The summed E-state index contributed by atoms with van der Waals surface area (Å²) in [4.78, 5) is 31.1. The number of aliphatic imine (C=N–C) groups is 1. The van der Waals surface area contributed by atoms with Crippen LogP contribution in [0.1, 0.15) is 36.8 Å². The number of aromatic hydroxyl groups is 1. The predicted molar refractivity (Wildman–Crippen MR) is 155 cm³/mol. The Hall–Kier alpha value is -3.54. The third-order valence-corrected chi connectivity index (χ3v) is 7.93. The minimum Gasteiger partial charge on any atom is -0.506 e. The normalized spacial score (nSPS) is 18.8. The van der Waals surface area contributed by atoms with Crippen LogP contribution in [0.2, 0.25) is 0 Å². The molecule has 40 heavy (non-hydrogen) atoms. The van der Waals surface area contributed by atoms with Crippen molar-refractivity contribution in [3.8, 4) is 17.2 Å². The molecule has 0 spiro atoms. The number of carbonyl (C=O) groups excluding carboxylic acids is 2. The molecule has 1 fully saturated rings. The van der Waals surface area contributed by atoms with Gasteiger partial charge in [0.25, 0.3) is 5.91 Å². The van der Waals surface area contributed by atoms with Crippen LogP contribution in [0.25, 0.3) is 6.08 Å². The van der Waals surface area contributed by atoms with E-state index >= 15 is 0 Å². The molecule has 1 saturated heterocycles. The highest BCUT2D eigenvalue weighted by atomic mass is 32.2. The number of nitrogens with zero attached hydrogens (tertiary/aromatic N) is 2. The number of amides is 2. The summed E-state index contributed by atoms with van der Waals surface area (Å²) in [5.74, 6) is 0.938. The van der Waals surface area contributed by atoms with Gasteiger partial charge in [0.15, 0.2) is 5.17 Å². The maximum Gasteiger partial charge on any atom is 0.286 e. The molecule has 0 unspecified atom stereocenters. The number of nitrogens with one attached hydrogen (secondary N) is 2. The average Bonchev–Trinajstić information content (AvgIpc) is 3.34. The van der Waals surface area contributed by atoms with Gasteiger partial charge < -0.3 is 35.2 Å². The Kier molecular flexibility index (Phi) is 9.25. The number of aliphatic hydroxyl groups is 1. The van der Waals surface area contributed by atoms with Crippen molar-refractivity contribution >= 4 is 40.5 Å². The van der Waals surface area contributed by atoms with Crippen molar-refractivity contribution in [1.82, 2.24) is 10.2 Å². The van der Waals surface area contributed by atoms with Gasteiger partial charge in [0.05, 0.1) is 10.6 Å². The van der Waals surface area contributed by atoms with Gasteiger partial charge >= 0.3 is 0 Å². The number of hydrogen-bond acceptors (Lipinski definition) is 9. The Morgan fingerprint density at radius 1 is 1.07 bits per heavy atom. The molecule has 3 aliphatic heterocycles. The van der Waals surface area contributed by atoms with E-state index in [-0.39, 0.29) is 24.2 Å². The van der Waals surface area contributed by atoms with Gasteiger partial charge in [-0.15, -0.1) is 0 Å². The standard InChI is InChI=1S/C29H34N4O6S/c34-20(18-39-24-10-9-23(35)27-22(24)8-11-26(36)31-27)17-30-12-15-38-21-6-4-19(5-7-21)16-25-28(37)32-29(40-25)33-13-2-1-3-14-33/h4-7,9-10,16,20,30,34-35H,1-3,8,11-15,17-18H2,(H,31,36)/t20-/m0/s1. The number of piperidine rings is 1. The van der Waals surface area contributed by atoms with Crippen LogP contribution in [0, 0.1) is 0 Å². The molecule has 3 aliphatic rings. The number of amidine groups is 1. The molecule has 1 atom stereocenters.